The number of nitrogen functional groups attached to an aromatic ring is 1. The van der Waals surface area contributed by atoms with E-state index in [9.17, 15) is 17.2 Å². The number of nitrogens with one attached hydrogen (secondary N) is 1. The highest BCUT2D eigenvalue weighted by Gasteiger charge is 2.24. The molecular formula is C11H11F2N3O3S. The molecule has 1 aromatic carbocycles. The van der Waals surface area contributed by atoms with Crippen molar-refractivity contribution in [2.24, 2.45) is 0 Å². The number of benzene rings is 1. The molecule has 0 fully saturated rings. The Bertz CT molecular complexity index is 720. The number of hydrogen-bond acceptors (Lipinski definition) is 5. The highest BCUT2D eigenvalue weighted by atomic mass is 32.2. The number of oxazole rings is 1. The minimum absolute atomic E-state index is 0.0855. The van der Waals surface area contributed by atoms with Crippen LogP contribution in [0.5, 0.6) is 0 Å². The van der Waals surface area contributed by atoms with Crippen molar-refractivity contribution < 1.29 is 21.6 Å². The molecule has 0 amide bonds. The third kappa shape index (κ3) is 2.94. The fraction of sp³-hybridized carbons (Fsp3) is 0.182. The number of anilines is 1. The van der Waals surface area contributed by atoms with E-state index in [-0.39, 0.29) is 18.1 Å². The van der Waals surface area contributed by atoms with Crippen LogP contribution >= 0.6 is 0 Å². The molecule has 108 valence electrons. The Morgan fingerprint density at radius 2 is 1.95 bits per heavy atom. The number of halogens is 2. The third-order valence-corrected chi connectivity index (χ3v) is 3.82. The molecule has 2 aromatic rings. The van der Waals surface area contributed by atoms with Crippen LogP contribution in [-0.2, 0) is 16.6 Å². The molecule has 0 aliphatic heterocycles. The van der Waals surface area contributed by atoms with Gasteiger partial charge in [0.25, 0.3) is 0 Å². The van der Waals surface area contributed by atoms with Gasteiger partial charge in [0.05, 0.1) is 12.7 Å². The smallest absolute Gasteiger partial charge is 0.246 e. The average Bonchev–Trinajstić information content (AvgIpc) is 2.71. The van der Waals surface area contributed by atoms with Crippen molar-refractivity contribution in [1.82, 2.24) is 9.71 Å². The van der Waals surface area contributed by atoms with Crippen LogP contribution in [0.1, 0.15) is 11.7 Å². The Kier molecular flexibility index (Phi) is 3.73. The number of aryl methyl sites for hydroxylation is 1. The molecule has 2 rings (SSSR count). The SMILES string of the molecule is Cc1cnc(CNS(=O)(=O)c2c(F)cc(N)cc2F)o1. The second-order valence-corrected chi connectivity index (χ2v) is 5.71. The van der Waals surface area contributed by atoms with Gasteiger partial charge >= 0.3 is 0 Å². The summed E-state index contributed by atoms with van der Waals surface area (Å²) >= 11 is 0. The van der Waals surface area contributed by atoms with Gasteiger partial charge in [-0.25, -0.2) is 26.9 Å². The molecule has 0 radical (unpaired) electrons. The number of aromatic nitrogens is 1. The van der Waals surface area contributed by atoms with Gasteiger partial charge in [-0.15, -0.1) is 0 Å². The van der Waals surface area contributed by atoms with E-state index in [0.717, 1.165) is 12.1 Å². The van der Waals surface area contributed by atoms with Gasteiger partial charge in [-0.2, -0.15) is 0 Å². The molecule has 0 atom stereocenters. The normalized spacial score (nSPS) is 11.8. The fourth-order valence-electron chi connectivity index (χ4n) is 1.55. The van der Waals surface area contributed by atoms with Crippen molar-refractivity contribution in [3.05, 3.63) is 41.6 Å². The summed E-state index contributed by atoms with van der Waals surface area (Å²) in [7, 11) is -4.38. The molecule has 9 heteroatoms. The second kappa shape index (κ2) is 5.17. The first-order valence-corrected chi connectivity index (χ1v) is 6.93. The number of rotatable bonds is 4. The summed E-state index contributed by atoms with van der Waals surface area (Å²) in [5.74, 6) is -1.96. The number of sulfonamides is 1. The van der Waals surface area contributed by atoms with E-state index in [0.29, 0.717) is 5.76 Å². The van der Waals surface area contributed by atoms with Crippen LogP contribution < -0.4 is 10.5 Å². The van der Waals surface area contributed by atoms with E-state index < -0.39 is 26.6 Å². The van der Waals surface area contributed by atoms with Gasteiger partial charge in [-0.1, -0.05) is 0 Å². The second-order valence-electron chi connectivity index (χ2n) is 4.00. The molecule has 0 unspecified atom stereocenters. The minimum Gasteiger partial charge on any atom is -0.445 e. The number of nitrogens with two attached hydrogens (primary N) is 1. The molecule has 6 nitrogen and oxygen atoms in total. The van der Waals surface area contributed by atoms with Gasteiger partial charge in [0.1, 0.15) is 17.4 Å². The van der Waals surface area contributed by atoms with Gasteiger partial charge in [0, 0.05) is 5.69 Å². The van der Waals surface area contributed by atoms with E-state index in [2.05, 4.69) is 4.98 Å². The van der Waals surface area contributed by atoms with Crippen molar-refractivity contribution in [1.29, 1.82) is 0 Å². The predicted molar refractivity (Wildman–Crippen MR) is 66.0 cm³/mol. The first kappa shape index (κ1) is 14.4. The topological polar surface area (TPSA) is 98.2 Å². The molecule has 20 heavy (non-hydrogen) atoms. The Morgan fingerprint density at radius 3 is 2.45 bits per heavy atom. The molecule has 1 heterocycles. The maximum absolute atomic E-state index is 13.6. The average molecular weight is 303 g/mol. The monoisotopic (exact) mass is 303 g/mol. The molecule has 0 aliphatic carbocycles. The summed E-state index contributed by atoms with van der Waals surface area (Å²) in [4.78, 5) is 2.68. The van der Waals surface area contributed by atoms with Crippen molar-refractivity contribution in [2.45, 2.75) is 18.4 Å². The molecule has 0 spiro atoms. The first-order chi connectivity index (χ1) is 9.29. The molecule has 3 N–H and O–H groups in total. The van der Waals surface area contributed by atoms with Crippen molar-refractivity contribution >= 4 is 15.7 Å². The lowest BCUT2D eigenvalue weighted by Crippen LogP contribution is -2.25. The first-order valence-electron chi connectivity index (χ1n) is 5.45. The van der Waals surface area contributed by atoms with E-state index >= 15 is 0 Å². The lowest BCUT2D eigenvalue weighted by molar-refractivity contribution is 0.461. The van der Waals surface area contributed by atoms with Gasteiger partial charge in [0.15, 0.2) is 4.90 Å². The van der Waals surface area contributed by atoms with E-state index in [1.165, 1.54) is 6.20 Å². The zero-order valence-corrected chi connectivity index (χ0v) is 11.2. The van der Waals surface area contributed by atoms with Gasteiger partial charge in [-0.3, -0.25) is 0 Å². The van der Waals surface area contributed by atoms with Crippen LogP contribution in [0.2, 0.25) is 0 Å². The van der Waals surface area contributed by atoms with Gasteiger partial charge in [-0.05, 0) is 19.1 Å². The summed E-state index contributed by atoms with van der Waals surface area (Å²) in [6.07, 6.45) is 1.40. The highest BCUT2D eigenvalue weighted by molar-refractivity contribution is 7.89. The quantitative estimate of drug-likeness (QED) is 0.830. The molecule has 0 aliphatic rings. The maximum atomic E-state index is 13.6. The zero-order chi connectivity index (χ0) is 14.9. The van der Waals surface area contributed by atoms with E-state index in [1.54, 1.807) is 6.92 Å². The molecule has 0 saturated carbocycles. The van der Waals surface area contributed by atoms with Crippen molar-refractivity contribution in [3.63, 3.8) is 0 Å². The van der Waals surface area contributed by atoms with Crippen LogP contribution in [0.4, 0.5) is 14.5 Å². The molecule has 1 aromatic heterocycles. The zero-order valence-electron chi connectivity index (χ0n) is 10.4. The fourth-order valence-corrected chi connectivity index (χ4v) is 2.64. The van der Waals surface area contributed by atoms with E-state index in [1.807, 2.05) is 4.72 Å². The summed E-state index contributed by atoms with van der Waals surface area (Å²) in [5.41, 5.74) is 5.01. The Morgan fingerprint density at radius 1 is 1.35 bits per heavy atom. The standard InChI is InChI=1S/C11H11F2N3O3S/c1-6-4-15-10(19-6)5-16-20(17,18)11-8(12)2-7(14)3-9(11)13/h2-4,16H,5,14H2,1H3. The minimum atomic E-state index is -4.38. The van der Waals surface area contributed by atoms with Crippen LogP contribution in [-0.4, -0.2) is 13.4 Å². The molecular weight excluding hydrogens is 292 g/mol. The van der Waals surface area contributed by atoms with Crippen molar-refractivity contribution in [3.8, 4) is 0 Å². The van der Waals surface area contributed by atoms with Gasteiger partial charge < -0.3 is 10.2 Å². The number of nitrogens with zero attached hydrogens (tertiary/aromatic N) is 1. The predicted octanol–water partition coefficient (Wildman–Crippen LogP) is 1.32. The maximum Gasteiger partial charge on any atom is 0.246 e. The van der Waals surface area contributed by atoms with Crippen LogP contribution in [0.3, 0.4) is 0 Å². The summed E-state index contributed by atoms with van der Waals surface area (Å²) < 4.78 is 57.9. The summed E-state index contributed by atoms with van der Waals surface area (Å²) in [6, 6.07) is 1.46. The van der Waals surface area contributed by atoms with Gasteiger partial charge in [0.2, 0.25) is 15.9 Å². The summed E-state index contributed by atoms with van der Waals surface area (Å²) in [5, 5.41) is 0. The van der Waals surface area contributed by atoms with Crippen LogP contribution in [0.25, 0.3) is 0 Å². The van der Waals surface area contributed by atoms with Crippen LogP contribution in [0.15, 0.2) is 27.6 Å². The Hall–Kier alpha value is -2.00. The summed E-state index contributed by atoms with van der Waals surface area (Å²) in [6.45, 7) is 1.31. The van der Waals surface area contributed by atoms with Crippen molar-refractivity contribution in [2.75, 3.05) is 5.73 Å². The third-order valence-electron chi connectivity index (χ3n) is 2.37. The van der Waals surface area contributed by atoms with Crippen LogP contribution in [0, 0.1) is 18.6 Å². The van der Waals surface area contributed by atoms with E-state index in [4.69, 9.17) is 10.2 Å². The lowest BCUT2D eigenvalue weighted by atomic mass is 10.3. The molecule has 0 saturated heterocycles. The molecule has 0 bridgehead atoms. The highest BCUT2D eigenvalue weighted by Crippen LogP contribution is 2.21. The number of hydrogen-bond donors (Lipinski definition) is 2. The lowest BCUT2D eigenvalue weighted by Gasteiger charge is -2.08. The Balaban J connectivity index is 2.27. The largest absolute Gasteiger partial charge is 0.445 e. The Labute approximate surface area is 113 Å².